The van der Waals surface area contributed by atoms with Crippen molar-refractivity contribution in [2.45, 2.75) is 0 Å². The number of nitrogens with zero attached hydrogens (tertiary/aromatic N) is 2. The zero-order valence-corrected chi connectivity index (χ0v) is 12.9. The smallest absolute Gasteiger partial charge is 0.276 e. The highest BCUT2D eigenvalue weighted by molar-refractivity contribution is 7.13. The average molecular weight is 331 g/mol. The highest BCUT2D eigenvalue weighted by Gasteiger charge is 2.11. The third-order valence-electron chi connectivity index (χ3n) is 2.87. The summed E-state index contributed by atoms with van der Waals surface area (Å²) in [4.78, 5) is 13.0. The maximum atomic E-state index is 12.0. The fourth-order valence-corrected chi connectivity index (χ4v) is 2.67. The number of benzene rings is 1. The molecular formula is C15H11ClN4OS. The molecule has 1 amide bonds. The molecule has 2 aromatic heterocycles. The Morgan fingerprint density at radius 1 is 1.32 bits per heavy atom. The van der Waals surface area contributed by atoms with Gasteiger partial charge in [0, 0.05) is 10.6 Å². The van der Waals surface area contributed by atoms with Crippen LogP contribution in [0.2, 0.25) is 5.02 Å². The minimum Gasteiger partial charge on any atom is -0.276 e. The molecule has 3 aromatic rings. The van der Waals surface area contributed by atoms with Gasteiger partial charge in [-0.3, -0.25) is 9.89 Å². The first-order chi connectivity index (χ1) is 10.7. The predicted octanol–water partition coefficient (Wildman–Crippen LogP) is 3.56. The van der Waals surface area contributed by atoms with Crippen molar-refractivity contribution in [1.29, 1.82) is 0 Å². The summed E-state index contributed by atoms with van der Waals surface area (Å²) in [6, 6.07) is 12.8. The van der Waals surface area contributed by atoms with Crippen molar-refractivity contribution in [2.24, 2.45) is 5.10 Å². The van der Waals surface area contributed by atoms with Gasteiger partial charge in [-0.1, -0.05) is 35.9 Å². The second-order valence-corrected chi connectivity index (χ2v) is 5.72. The number of hydrogen-bond acceptors (Lipinski definition) is 4. The van der Waals surface area contributed by atoms with Crippen molar-refractivity contribution in [1.82, 2.24) is 15.6 Å². The molecule has 5 nitrogen and oxygen atoms in total. The molecule has 22 heavy (non-hydrogen) atoms. The fraction of sp³-hybridized carbons (Fsp3) is 0. The molecule has 1 aromatic carbocycles. The summed E-state index contributed by atoms with van der Waals surface area (Å²) in [5, 5.41) is 13.2. The second-order valence-electron chi connectivity index (χ2n) is 4.36. The first-order valence-electron chi connectivity index (χ1n) is 6.41. The second kappa shape index (κ2) is 6.55. The van der Waals surface area contributed by atoms with Crippen LogP contribution in [0.3, 0.4) is 0 Å². The van der Waals surface area contributed by atoms with Crippen LogP contribution >= 0.6 is 22.9 Å². The van der Waals surface area contributed by atoms with Gasteiger partial charge in [-0.2, -0.15) is 10.2 Å². The molecule has 0 spiro atoms. The third kappa shape index (κ3) is 3.24. The van der Waals surface area contributed by atoms with E-state index in [0.717, 1.165) is 16.1 Å². The van der Waals surface area contributed by atoms with Crippen LogP contribution in [0.1, 0.15) is 16.1 Å². The number of amides is 1. The summed E-state index contributed by atoms with van der Waals surface area (Å²) in [6.45, 7) is 0. The Morgan fingerprint density at radius 2 is 2.18 bits per heavy atom. The van der Waals surface area contributed by atoms with Crippen molar-refractivity contribution in [2.75, 3.05) is 0 Å². The molecule has 0 aliphatic heterocycles. The number of halogens is 1. The molecular weight excluding hydrogens is 320 g/mol. The van der Waals surface area contributed by atoms with E-state index in [-0.39, 0.29) is 11.6 Å². The highest BCUT2D eigenvalue weighted by atomic mass is 35.5. The molecule has 2 N–H and O–H groups in total. The topological polar surface area (TPSA) is 70.1 Å². The molecule has 0 bridgehead atoms. The summed E-state index contributed by atoms with van der Waals surface area (Å²) in [5.41, 5.74) is 4.23. The lowest BCUT2D eigenvalue weighted by Gasteiger charge is -1.97. The number of carbonyl (C=O) groups excluding carboxylic acids is 1. The molecule has 0 fully saturated rings. The summed E-state index contributed by atoms with van der Waals surface area (Å²) < 4.78 is 0. The number of hydrogen-bond donors (Lipinski definition) is 2. The number of aromatic nitrogens is 2. The van der Waals surface area contributed by atoms with Crippen LogP contribution in [-0.4, -0.2) is 22.3 Å². The molecule has 3 rings (SSSR count). The van der Waals surface area contributed by atoms with Crippen LogP contribution in [-0.2, 0) is 0 Å². The predicted molar refractivity (Wildman–Crippen MR) is 88.4 cm³/mol. The zero-order valence-electron chi connectivity index (χ0n) is 11.3. The normalized spacial score (nSPS) is 11.0. The van der Waals surface area contributed by atoms with Crippen LogP contribution in [0.15, 0.2) is 52.9 Å². The van der Waals surface area contributed by atoms with Crippen LogP contribution < -0.4 is 5.43 Å². The minimum absolute atomic E-state index is 0.278. The Bertz CT molecular complexity index is 811. The molecule has 0 unspecified atom stereocenters. The van der Waals surface area contributed by atoms with E-state index in [1.165, 1.54) is 6.21 Å². The maximum Gasteiger partial charge on any atom is 0.291 e. The standard InChI is InChI=1S/C15H11ClN4OS/c16-11-5-2-1-4-10(11)9-17-20-15(21)13-8-12(18-19-13)14-6-3-7-22-14/h1-9H,(H,18,19)(H,20,21)/b17-9+. The number of hydrazone groups is 1. The summed E-state index contributed by atoms with van der Waals surface area (Å²) >= 11 is 7.57. The largest absolute Gasteiger partial charge is 0.291 e. The van der Waals surface area contributed by atoms with Gasteiger partial charge in [-0.05, 0) is 23.6 Å². The van der Waals surface area contributed by atoms with E-state index in [1.807, 2.05) is 29.6 Å². The van der Waals surface area contributed by atoms with E-state index in [1.54, 1.807) is 29.5 Å². The number of rotatable bonds is 4. The number of aromatic amines is 1. The highest BCUT2D eigenvalue weighted by Crippen LogP contribution is 2.22. The molecule has 0 atom stereocenters. The number of H-pyrrole nitrogens is 1. The van der Waals surface area contributed by atoms with Crippen molar-refractivity contribution in [3.63, 3.8) is 0 Å². The summed E-state index contributed by atoms with van der Waals surface area (Å²) in [5.74, 6) is -0.387. The van der Waals surface area contributed by atoms with E-state index in [4.69, 9.17) is 11.6 Å². The monoisotopic (exact) mass is 330 g/mol. The lowest BCUT2D eigenvalue weighted by molar-refractivity contribution is 0.0950. The van der Waals surface area contributed by atoms with Crippen molar-refractivity contribution >= 4 is 35.1 Å². The SMILES string of the molecule is O=C(N/N=C/c1ccccc1Cl)c1cc(-c2cccs2)[nH]n1. The molecule has 0 saturated heterocycles. The number of carbonyl (C=O) groups is 1. The fourth-order valence-electron chi connectivity index (χ4n) is 1.79. The van der Waals surface area contributed by atoms with Crippen LogP contribution in [0.4, 0.5) is 0 Å². The molecule has 110 valence electrons. The molecule has 0 radical (unpaired) electrons. The van der Waals surface area contributed by atoms with Crippen LogP contribution in [0.5, 0.6) is 0 Å². The molecule has 2 heterocycles. The van der Waals surface area contributed by atoms with E-state index in [9.17, 15) is 4.79 Å². The van der Waals surface area contributed by atoms with E-state index >= 15 is 0 Å². The Hall–Kier alpha value is -2.44. The van der Waals surface area contributed by atoms with Gasteiger partial charge < -0.3 is 0 Å². The average Bonchev–Trinajstić information content (AvgIpc) is 3.20. The van der Waals surface area contributed by atoms with Gasteiger partial charge >= 0.3 is 0 Å². The van der Waals surface area contributed by atoms with Gasteiger partial charge in [-0.25, -0.2) is 5.43 Å². The molecule has 0 aliphatic rings. The minimum atomic E-state index is -0.387. The quantitative estimate of drug-likeness (QED) is 0.567. The van der Waals surface area contributed by atoms with Gasteiger partial charge in [0.15, 0.2) is 5.69 Å². The van der Waals surface area contributed by atoms with Crippen molar-refractivity contribution in [3.05, 3.63) is 64.1 Å². The van der Waals surface area contributed by atoms with E-state index in [2.05, 4.69) is 20.7 Å². The van der Waals surface area contributed by atoms with Gasteiger partial charge in [0.2, 0.25) is 0 Å². The molecule has 7 heteroatoms. The number of thiophene rings is 1. The first-order valence-corrected chi connectivity index (χ1v) is 7.67. The molecule has 0 saturated carbocycles. The number of nitrogens with one attached hydrogen (secondary N) is 2. The van der Waals surface area contributed by atoms with Crippen molar-refractivity contribution in [3.8, 4) is 10.6 Å². The Morgan fingerprint density at radius 3 is 2.95 bits per heavy atom. The molecule has 0 aliphatic carbocycles. The summed E-state index contributed by atoms with van der Waals surface area (Å²) in [6.07, 6.45) is 1.49. The van der Waals surface area contributed by atoms with Gasteiger partial charge in [0.1, 0.15) is 0 Å². The Labute approximate surface area is 135 Å². The van der Waals surface area contributed by atoms with Crippen molar-refractivity contribution < 1.29 is 4.79 Å². The zero-order chi connectivity index (χ0) is 15.4. The van der Waals surface area contributed by atoms with Crippen LogP contribution in [0.25, 0.3) is 10.6 Å². The Kier molecular flexibility index (Phi) is 4.32. The van der Waals surface area contributed by atoms with E-state index < -0.39 is 0 Å². The van der Waals surface area contributed by atoms with Gasteiger partial charge in [0.25, 0.3) is 5.91 Å². The van der Waals surface area contributed by atoms with E-state index in [0.29, 0.717) is 5.02 Å². The lowest BCUT2D eigenvalue weighted by atomic mass is 10.2. The van der Waals surface area contributed by atoms with Gasteiger partial charge in [-0.15, -0.1) is 11.3 Å². The first kappa shape index (κ1) is 14.5. The Balaban J connectivity index is 1.67. The maximum absolute atomic E-state index is 12.0. The lowest BCUT2D eigenvalue weighted by Crippen LogP contribution is -2.18. The van der Waals surface area contributed by atoms with Gasteiger partial charge in [0.05, 0.1) is 16.8 Å². The summed E-state index contributed by atoms with van der Waals surface area (Å²) in [7, 11) is 0. The van der Waals surface area contributed by atoms with Crippen LogP contribution in [0, 0.1) is 0 Å². The third-order valence-corrected chi connectivity index (χ3v) is 4.12.